The summed E-state index contributed by atoms with van der Waals surface area (Å²) in [6.45, 7) is 1.65. The summed E-state index contributed by atoms with van der Waals surface area (Å²) in [4.78, 5) is 39.1. The number of rotatable bonds is 8. The molecule has 0 radical (unpaired) electrons. The van der Waals surface area contributed by atoms with Crippen LogP contribution in [0.25, 0.3) is 11.1 Å². The van der Waals surface area contributed by atoms with Gasteiger partial charge in [0.1, 0.15) is 0 Å². The Morgan fingerprint density at radius 2 is 1.52 bits per heavy atom. The predicted molar refractivity (Wildman–Crippen MR) is 163 cm³/mol. The lowest BCUT2D eigenvalue weighted by molar-refractivity contribution is -0.144. The third-order valence-corrected chi connectivity index (χ3v) is 9.38. The average Bonchev–Trinajstić information content (AvgIpc) is 3.68. The van der Waals surface area contributed by atoms with Crippen molar-refractivity contribution >= 4 is 17.9 Å². The Morgan fingerprint density at radius 1 is 0.917 bits per heavy atom. The normalized spacial score (nSPS) is 21.7. The van der Waals surface area contributed by atoms with Gasteiger partial charge in [-0.1, -0.05) is 6.92 Å². The van der Waals surface area contributed by atoms with Crippen molar-refractivity contribution in [2.45, 2.75) is 82.5 Å². The van der Waals surface area contributed by atoms with Crippen molar-refractivity contribution in [2.24, 2.45) is 13.0 Å². The molecule has 0 bridgehead atoms. The molecule has 3 heterocycles. The molecule has 48 heavy (non-hydrogen) atoms. The van der Waals surface area contributed by atoms with Gasteiger partial charge in [-0.05, 0) is 62.3 Å². The molecule has 2 amide bonds. The Hall–Kier alpha value is -4.37. The second kappa shape index (κ2) is 13.6. The van der Waals surface area contributed by atoms with Gasteiger partial charge >= 0.3 is 24.4 Å². The monoisotopic (exact) mass is 681 g/mol. The summed E-state index contributed by atoms with van der Waals surface area (Å²) >= 11 is 0. The summed E-state index contributed by atoms with van der Waals surface area (Å²) in [6.07, 6.45) is -0.750. The number of aryl methyl sites for hydroxylation is 1. The number of hydrogen-bond acceptors (Lipinski definition) is 6. The van der Waals surface area contributed by atoms with E-state index in [0.717, 1.165) is 0 Å². The summed E-state index contributed by atoms with van der Waals surface area (Å²) in [7, 11) is 3.41. The summed E-state index contributed by atoms with van der Waals surface area (Å²) in [6, 6.07) is 0.249. The molecule has 1 aromatic carbocycles. The van der Waals surface area contributed by atoms with Crippen LogP contribution in [0.1, 0.15) is 62.1 Å². The van der Waals surface area contributed by atoms with Crippen molar-refractivity contribution in [1.29, 1.82) is 0 Å². The number of carbonyl (C=O) groups is 2. The maximum Gasteiger partial charge on any atom is 0.416 e. The molecule has 260 valence electrons. The van der Waals surface area contributed by atoms with Gasteiger partial charge in [0.2, 0.25) is 5.95 Å². The van der Waals surface area contributed by atoms with E-state index in [4.69, 9.17) is 0 Å². The SMILES string of the molecule is CC[C@@H]1C[C@H](N(Cc2cc(C(F)(F)F)cc(C(F)(F)F)c2)c2ncc(-c3cnn(C)c3)cn2)CN1C(=O)N(C)[C@H]1CC[C@H](C(=O)O)CC1. The number of aliphatic carboxylic acids is 1. The molecule has 0 spiro atoms. The first-order valence-electron chi connectivity index (χ1n) is 15.7. The van der Waals surface area contributed by atoms with Crippen molar-refractivity contribution in [3.8, 4) is 11.1 Å². The van der Waals surface area contributed by atoms with Crippen molar-refractivity contribution in [2.75, 3.05) is 18.5 Å². The number of alkyl halides is 6. The van der Waals surface area contributed by atoms with Crippen LogP contribution in [0.2, 0.25) is 0 Å². The highest BCUT2D eigenvalue weighted by Gasteiger charge is 2.42. The number of aromatic nitrogens is 4. The zero-order chi connectivity index (χ0) is 35.0. The largest absolute Gasteiger partial charge is 0.481 e. The maximum atomic E-state index is 13.8. The Morgan fingerprint density at radius 3 is 2.02 bits per heavy atom. The van der Waals surface area contributed by atoms with Crippen LogP contribution >= 0.6 is 0 Å². The molecule has 1 aliphatic heterocycles. The van der Waals surface area contributed by atoms with Crippen LogP contribution in [0.3, 0.4) is 0 Å². The van der Waals surface area contributed by atoms with Crippen LogP contribution < -0.4 is 4.90 Å². The van der Waals surface area contributed by atoms with Crippen LogP contribution in [0.4, 0.5) is 37.1 Å². The van der Waals surface area contributed by atoms with Gasteiger partial charge in [0.15, 0.2) is 0 Å². The minimum atomic E-state index is -5.01. The molecule has 0 unspecified atom stereocenters. The number of anilines is 1. The summed E-state index contributed by atoms with van der Waals surface area (Å²) < 4.78 is 84.0. The fraction of sp³-hybridized carbons (Fsp3) is 0.531. The molecule has 5 rings (SSSR count). The molecule has 10 nitrogen and oxygen atoms in total. The minimum absolute atomic E-state index is 0.0862. The van der Waals surface area contributed by atoms with E-state index in [1.54, 1.807) is 45.9 Å². The van der Waals surface area contributed by atoms with Crippen LogP contribution in [-0.2, 0) is 30.7 Å². The molecule has 16 heteroatoms. The number of urea groups is 1. The van der Waals surface area contributed by atoms with E-state index >= 15 is 0 Å². The number of hydrogen-bond donors (Lipinski definition) is 1. The molecule has 1 N–H and O–H groups in total. The second-order valence-electron chi connectivity index (χ2n) is 12.6. The lowest BCUT2D eigenvalue weighted by atomic mass is 9.85. The second-order valence-corrected chi connectivity index (χ2v) is 12.6. The minimum Gasteiger partial charge on any atom is -0.481 e. The van der Waals surface area contributed by atoms with Gasteiger partial charge in [0.25, 0.3) is 0 Å². The van der Waals surface area contributed by atoms with Gasteiger partial charge in [-0.25, -0.2) is 14.8 Å². The van der Waals surface area contributed by atoms with Gasteiger partial charge in [0, 0.05) is 69.0 Å². The topological polar surface area (TPSA) is 108 Å². The first kappa shape index (κ1) is 35.0. The molecule has 1 aliphatic carbocycles. The Labute approximate surface area is 273 Å². The van der Waals surface area contributed by atoms with Crippen LogP contribution in [0.15, 0.2) is 43.0 Å². The number of carboxylic acid groups (broad SMARTS) is 1. The van der Waals surface area contributed by atoms with E-state index in [1.807, 2.05) is 6.92 Å². The smallest absolute Gasteiger partial charge is 0.416 e. The number of benzene rings is 1. The fourth-order valence-corrected chi connectivity index (χ4v) is 6.67. The highest BCUT2D eigenvalue weighted by atomic mass is 19.4. The Bertz CT molecular complexity index is 1570. The van der Waals surface area contributed by atoms with E-state index < -0.39 is 41.4 Å². The molecular formula is C32H37F6N7O3. The van der Waals surface area contributed by atoms with Crippen LogP contribution in [0.5, 0.6) is 0 Å². The number of nitrogens with zero attached hydrogens (tertiary/aromatic N) is 7. The number of carboxylic acids is 1. The van der Waals surface area contributed by atoms with Gasteiger partial charge in [0.05, 0.1) is 29.3 Å². The first-order valence-corrected chi connectivity index (χ1v) is 15.7. The van der Waals surface area contributed by atoms with Crippen LogP contribution in [-0.4, -0.2) is 78.4 Å². The van der Waals surface area contributed by atoms with E-state index in [0.29, 0.717) is 61.8 Å². The molecule has 2 aliphatic rings. The van der Waals surface area contributed by atoms with Gasteiger partial charge in [-0.3, -0.25) is 9.48 Å². The van der Waals surface area contributed by atoms with Crippen molar-refractivity contribution in [3.05, 3.63) is 59.7 Å². The molecule has 3 aromatic rings. The number of carbonyl (C=O) groups excluding carboxylic acids is 1. The lowest BCUT2D eigenvalue weighted by Crippen LogP contribution is -2.49. The lowest BCUT2D eigenvalue weighted by Gasteiger charge is -2.37. The number of amides is 2. The summed E-state index contributed by atoms with van der Waals surface area (Å²) in [5.41, 5.74) is -1.75. The zero-order valence-corrected chi connectivity index (χ0v) is 26.7. The molecular weight excluding hydrogens is 644 g/mol. The van der Waals surface area contributed by atoms with Crippen molar-refractivity contribution < 1.29 is 41.0 Å². The van der Waals surface area contributed by atoms with E-state index in [9.17, 15) is 41.0 Å². The maximum absolute atomic E-state index is 13.8. The quantitative estimate of drug-likeness (QED) is 0.272. The Balaban J connectivity index is 1.46. The molecule has 2 aromatic heterocycles. The van der Waals surface area contributed by atoms with Gasteiger partial charge in [-0.2, -0.15) is 31.4 Å². The number of halogens is 6. The molecule has 2 fully saturated rings. The third kappa shape index (κ3) is 7.67. The summed E-state index contributed by atoms with van der Waals surface area (Å²) in [5, 5.41) is 13.5. The number of likely N-dealkylation sites (tertiary alicyclic amines) is 1. The highest BCUT2D eigenvalue weighted by molar-refractivity contribution is 5.76. The van der Waals surface area contributed by atoms with Gasteiger partial charge < -0.3 is 19.8 Å². The van der Waals surface area contributed by atoms with E-state index in [-0.39, 0.29) is 48.8 Å². The molecule has 1 saturated carbocycles. The predicted octanol–water partition coefficient (Wildman–Crippen LogP) is 6.47. The molecule has 2 atom stereocenters. The molecule has 1 saturated heterocycles. The zero-order valence-electron chi connectivity index (χ0n) is 26.7. The van der Waals surface area contributed by atoms with Crippen molar-refractivity contribution in [1.82, 2.24) is 29.5 Å². The fourth-order valence-electron chi connectivity index (χ4n) is 6.67. The van der Waals surface area contributed by atoms with Crippen LogP contribution in [0, 0.1) is 5.92 Å². The third-order valence-electron chi connectivity index (χ3n) is 9.38. The summed E-state index contributed by atoms with van der Waals surface area (Å²) in [5.74, 6) is -1.21. The first-order chi connectivity index (χ1) is 22.5. The van der Waals surface area contributed by atoms with Gasteiger partial charge in [-0.15, -0.1) is 0 Å². The average molecular weight is 682 g/mol. The Kier molecular flexibility index (Phi) is 9.92. The van der Waals surface area contributed by atoms with Crippen molar-refractivity contribution in [3.63, 3.8) is 0 Å². The highest BCUT2D eigenvalue weighted by Crippen LogP contribution is 2.38. The van der Waals surface area contributed by atoms with E-state index in [1.165, 1.54) is 12.4 Å². The van der Waals surface area contributed by atoms with E-state index in [2.05, 4.69) is 15.1 Å². The standard InChI is InChI=1S/C32H37F6N7O3/c1-4-25-12-27(18-45(25)30(48)43(3)26-7-5-20(6-8-26)28(46)47)44(29-39-13-21(14-40-29)22-15-41-42(2)17-22)16-19-9-23(31(33,34)35)11-24(10-19)32(36,37)38/h9-11,13-15,17,20,25-27H,4-8,12,16,18H2,1-3H3,(H,46,47)/t20-,25-,26-,27+/m1/s1.